The number of hydrogen-bond donors (Lipinski definition) is 0. The molecule has 4 nitrogen and oxygen atoms in total. The predicted octanol–water partition coefficient (Wildman–Crippen LogP) is 1.73. The van der Waals surface area contributed by atoms with E-state index in [0.717, 1.165) is 12.8 Å². The zero-order valence-corrected chi connectivity index (χ0v) is 10.4. The van der Waals surface area contributed by atoms with E-state index in [1.54, 1.807) is 12.1 Å². The highest BCUT2D eigenvalue weighted by Crippen LogP contribution is 2.32. The van der Waals surface area contributed by atoms with Crippen LogP contribution in [0.5, 0.6) is 0 Å². The zero-order chi connectivity index (χ0) is 12.5. The van der Waals surface area contributed by atoms with E-state index in [1.165, 1.54) is 16.4 Å². The van der Waals surface area contributed by atoms with E-state index >= 15 is 0 Å². The summed E-state index contributed by atoms with van der Waals surface area (Å²) in [7, 11) is -3.52. The summed E-state index contributed by atoms with van der Waals surface area (Å²) in [5.74, 6) is 0. The number of sulfonamides is 1. The molecule has 1 aliphatic rings. The zero-order valence-electron chi connectivity index (χ0n) is 9.63. The summed E-state index contributed by atoms with van der Waals surface area (Å²) < 4.78 is 26.3. The van der Waals surface area contributed by atoms with Gasteiger partial charge < -0.3 is 0 Å². The third-order valence-corrected chi connectivity index (χ3v) is 4.95. The quantitative estimate of drug-likeness (QED) is 0.817. The normalized spacial score (nSPS) is 15.8. The van der Waals surface area contributed by atoms with Gasteiger partial charge in [0.2, 0.25) is 10.0 Å². The summed E-state index contributed by atoms with van der Waals surface area (Å²) in [6, 6.07) is 8.41. The van der Waals surface area contributed by atoms with Gasteiger partial charge in [-0.2, -0.15) is 9.57 Å². The van der Waals surface area contributed by atoms with Crippen LogP contribution in [0.1, 0.15) is 25.3 Å². The summed E-state index contributed by atoms with van der Waals surface area (Å²) in [6.45, 7) is 2.28. The molecule has 0 saturated heterocycles. The molecule has 0 N–H and O–H groups in total. The van der Waals surface area contributed by atoms with Crippen molar-refractivity contribution in [1.82, 2.24) is 4.31 Å². The average Bonchev–Trinajstić information content (AvgIpc) is 3.14. The molecule has 90 valence electrons. The van der Waals surface area contributed by atoms with Crippen LogP contribution in [-0.2, 0) is 10.0 Å². The number of rotatable bonds is 4. The molecule has 1 saturated carbocycles. The second-order valence-electron chi connectivity index (χ2n) is 4.05. The lowest BCUT2D eigenvalue weighted by molar-refractivity contribution is 0.421. The van der Waals surface area contributed by atoms with Gasteiger partial charge in [-0.05, 0) is 25.0 Å². The summed E-state index contributed by atoms with van der Waals surface area (Å²) in [5, 5.41) is 8.96. The van der Waals surface area contributed by atoms with Crippen molar-refractivity contribution >= 4 is 10.0 Å². The highest BCUT2D eigenvalue weighted by molar-refractivity contribution is 7.89. The lowest BCUT2D eigenvalue weighted by Gasteiger charge is -2.20. The second kappa shape index (κ2) is 4.47. The standard InChI is InChI=1S/C12H14N2O2S/c1-2-14(11-7-8-11)17(15,16)12-6-4-3-5-10(12)9-13/h3-6,11H,2,7-8H2,1H3. The Morgan fingerprint density at radius 2 is 2.06 bits per heavy atom. The summed E-state index contributed by atoms with van der Waals surface area (Å²) in [6.07, 6.45) is 1.84. The van der Waals surface area contributed by atoms with Crippen LogP contribution >= 0.6 is 0 Å². The Bertz CT molecular complexity index is 556. The minimum atomic E-state index is -3.52. The number of hydrogen-bond acceptors (Lipinski definition) is 3. The van der Waals surface area contributed by atoms with Gasteiger partial charge in [0.15, 0.2) is 0 Å². The molecule has 0 atom stereocenters. The van der Waals surface area contributed by atoms with Gasteiger partial charge in [0.1, 0.15) is 6.07 Å². The Hall–Kier alpha value is -1.38. The van der Waals surface area contributed by atoms with Crippen molar-refractivity contribution in [2.45, 2.75) is 30.7 Å². The molecule has 17 heavy (non-hydrogen) atoms. The first-order chi connectivity index (χ1) is 8.11. The Kier molecular flexibility index (Phi) is 3.18. The monoisotopic (exact) mass is 250 g/mol. The molecule has 0 aliphatic heterocycles. The first-order valence-corrected chi connectivity index (χ1v) is 7.06. The molecule has 0 spiro atoms. The Morgan fingerprint density at radius 1 is 1.41 bits per heavy atom. The molecule has 1 fully saturated rings. The lowest BCUT2D eigenvalue weighted by Crippen LogP contribution is -2.33. The first-order valence-electron chi connectivity index (χ1n) is 5.62. The van der Waals surface area contributed by atoms with Crippen molar-refractivity contribution in [2.24, 2.45) is 0 Å². The van der Waals surface area contributed by atoms with Gasteiger partial charge in [-0.25, -0.2) is 8.42 Å². The van der Waals surface area contributed by atoms with Gasteiger partial charge in [-0.1, -0.05) is 19.1 Å². The van der Waals surface area contributed by atoms with Gasteiger partial charge in [0.25, 0.3) is 0 Å². The predicted molar refractivity (Wildman–Crippen MR) is 63.7 cm³/mol. The van der Waals surface area contributed by atoms with Crippen LogP contribution in [0.25, 0.3) is 0 Å². The van der Waals surface area contributed by atoms with Crippen LogP contribution in [0.3, 0.4) is 0 Å². The molecule has 1 aromatic carbocycles. The van der Waals surface area contributed by atoms with E-state index in [-0.39, 0.29) is 16.5 Å². The highest BCUT2D eigenvalue weighted by atomic mass is 32.2. The maximum atomic E-state index is 12.4. The highest BCUT2D eigenvalue weighted by Gasteiger charge is 2.37. The second-order valence-corrected chi connectivity index (χ2v) is 5.91. The Balaban J connectivity index is 2.47. The fraction of sp³-hybridized carbons (Fsp3) is 0.417. The fourth-order valence-corrected chi connectivity index (χ4v) is 3.74. The van der Waals surface area contributed by atoms with E-state index in [1.807, 2.05) is 13.0 Å². The molecule has 0 radical (unpaired) electrons. The number of nitriles is 1. The summed E-state index contributed by atoms with van der Waals surface area (Å²) >= 11 is 0. The van der Waals surface area contributed by atoms with Gasteiger partial charge in [0, 0.05) is 12.6 Å². The Labute approximate surface area is 102 Å². The van der Waals surface area contributed by atoms with Crippen molar-refractivity contribution in [3.05, 3.63) is 29.8 Å². The largest absolute Gasteiger partial charge is 0.244 e. The van der Waals surface area contributed by atoms with E-state index < -0.39 is 10.0 Å². The van der Waals surface area contributed by atoms with Gasteiger partial charge in [-0.15, -0.1) is 0 Å². The maximum absolute atomic E-state index is 12.4. The smallest absolute Gasteiger partial charge is 0.207 e. The van der Waals surface area contributed by atoms with Gasteiger partial charge in [0.05, 0.1) is 10.5 Å². The molecule has 1 aromatic rings. The number of benzene rings is 1. The third-order valence-electron chi connectivity index (χ3n) is 2.86. The summed E-state index contributed by atoms with van der Waals surface area (Å²) in [5.41, 5.74) is 0.214. The first kappa shape index (κ1) is 12.1. The molecular weight excluding hydrogens is 236 g/mol. The molecule has 2 rings (SSSR count). The Morgan fingerprint density at radius 3 is 2.59 bits per heavy atom. The molecule has 0 unspecified atom stereocenters. The van der Waals surface area contributed by atoms with Crippen molar-refractivity contribution in [1.29, 1.82) is 5.26 Å². The minimum absolute atomic E-state index is 0.122. The van der Waals surface area contributed by atoms with Crippen molar-refractivity contribution < 1.29 is 8.42 Å². The summed E-state index contributed by atoms with van der Waals surface area (Å²) in [4.78, 5) is 0.122. The van der Waals surface area contributed by atoms with E-state index in [0.29, 0.717) is 6.54 Å². The third kappa shape index (κ3) is 2.19. The fourth-order valence-electron chi connectivity index (χ4n) is 1.90. The van der Waals surface area contributed by atoms with E-state index in [2.05, 4.69) is 0 Å². The van der Waals surface area contributed by atoms with Crippen LogP contribution in [0.2, 0.25) is 0 Å². The van der Waals surface area contributed by atoms with Crippen molar-refractivity contribution in [3.63, 3.8) is 0 Å². The van der Waals surface area contributed by atoms with E-state index in [9.17, 15) is 8.42 Å². The van der Waals surface area contributed by atoms with Crippen molar-refractivity contribution in [2.75, 3.05) is 6.54 Å². The van der Waals surface area contributed by atoms with E-state index in [4.69, 9.17) is 5.26 Å². The van der Waals surface area contributed by atoms with Crippen LogP contribution in [-0.4, -0.2) is 25.3 Å². The molecule has 0 heterocycles. The minimum Gasteiger partial charge on any atom is -0.207 e. The molecule has 1 aliphatic carbocycles. The lowest BCUT2D eigenvalue weighted by atomic mass is 10.2. The number of nitrogens with zero attached hydrogens (tertiary/aromatic N) is 2. The average molecular weight is 250 g/mol. The molecule has 0 bridgehead atoms. The molecule has 5 heteroatoms. The van der Waals surface area contributed by atoms with Crippen molar-refractivity contribution in [3.8, 4) is 6.07 Å². The maximum Gasteiger partial charge on any atom is 0.244 e. The van der Waals surface area contributed by atoms with Gasteiger partial charge >= 0.3 is 0 Å². The van der Waals surface area contributed by atoms with Crippen LogP contribution in [0.15, 0.2) is 29.2 Å². The topological polar surface area (TPSA) is 61.2 Å². The SMILES string of the molecule is CCN(C1CC1)S(=O)(=O)c1ccccc1C#N. The molecule has 0 amide bonds. The van der Waals surface area contributed by atoms with Gasteiger partial charge in [-0.3, -0.25) is 0 Å². The molecule has 0 aromatic heterocycles. The van der Waals surface area contributed by atoms with Crippen LogP contribution in [0.4, 0.5) is 0 Å². The molecular formula is C12H14N2O2S. The van der Waals surface area contributed by atoms with Crippen LogP contribution < -0.4 is 0 Å². The van der Waals surface area contributed by atoms with Crippen LogP contribution in [0, 0.1) is 11.3 Å².